The van der Waals surface area contributed by atoms with Crippen molar-refractivity contribution in [2.45, 2.75) is 24.7 Å². The smallest absolute Gasteiger partial charge is 0.340 e. The maximum Gasteiger partial charge on any atom is 0.340 e. The predicted molar refractivity (Wildman–Crippen MR) is 108 cm³/mol. The standard InChI is InChI=1S/C19H18Cl2N2O4S/c1-12(2)18-11-19(23(22-18)13-4-9-16(20)17(21)10-13)27-28(24,25)15-7-5-14(26-3)6-8-15/h4-12H,1-3H3. The van der Waals surface area contributed by atoms with Gasteiger partial charge in [0, 0.05) is 6.07 Å². The largest absolute Gasteiger partial charge is 0.497 e. The van der Waals surface area contributed by atoms with Gasteiger partial charge in [-0.2, -0.15) is 18.2 Å². The lowest BCUT2D eigenvalue weighted by atomic mass is 10.1. The van der Waals surface area contributed by atoms with Crippen molar-refractivity contribution in [2.75, 3.05) is 7.11 Å². The molecule has 0 bridgehead atoms. The van der Waals surface area contributed by atoms with E-state index in [0.29, 0.717) is 27.2 Å². The molecule has 0 radical (unpaired) electrons. The molecule has 0 aliphatic heterocycles. The van der Waals surface area contributed by atoms with E-state index in [1.807, 2.05) is 13.8 Å². The normalized spacial score (nSPS) is 11.6. The highest BCUT2D eigenvalue weighted by atomic mass is 35.5. The third kappa shape index (κ3) is 4.27. The molecule has 0 aliphatic rings. The van der Waals surface area contributed by atoms with E-state index in [-0.39, 0.29) is 16.7 Å². The Bertz CT molecular complexity index is 1090. The highest BCUT2D eigenvalue weighted by Crippen LogP contribution is 2.30. The van der Waals surface area contributed by atoms with Crippen molar-refractivity contribution in [1.29, 1.82) is 0 Å². The second-order valence-electron chi connectivity index (χ2n) is 6.29. The summed E-state index contributed by atoms with van der Waals surface area (Å²) in [5.41, 5.74) is 1.20. The van der Waals surface area contributed by atoms with Gasteiger partial charge in [0.05, 0.1) is 28.5 Å². The van der Waals surface area contributed by atoms with E-state index in [1.165, 1.54) is 23.9 Å². The molecule has 6 nitrogen and oxygen atoms in total. The van der Waals surface area contributed by atoms with Gasteiger partial charge >= 0.3 is 10.1 Å². The Balaban J connectivity index is 2.03. The third-order valence-corrected chi connectivity index (χ3v) is 5.96. The molecule has 0 unspecified atom stereocenters. The van der Waals surface area contributed by atoms with Crippen molar-refractivity contribution in [3.05, 3.63) is 64.3 Å². The van der Waals surface area contributed by atoms with Crippen molar-refractivity contribution < 1.29 is 17.3 Å². The molecule has 2 aromatic carbocycles. The molecule has 0 atom stereocenters. The molecule has 0 saturated carbocycles. The number of nitrogens with zero attached hydrogens (tertiary/aromatic N) is 2. The van der Waals surface area contributed by atoms with Gasteiger partial charge < -0.3 is 8.92 Å². The van der Waals surface area contributed by atoms with E-state index in [1.54, 1.807) is 36.4 Å². The van der Waals surface area contributed by atoms with E-state index in [4.69, 9.17) is 32.1 Å². The van der Waals surface area contributed by atoms with E-state index in [0.717, 1.165) is 0 Å². The zero-order chi connectivity index (χ0) is 20.5. The van der Waals surface area contributed by atoms with Gasteiger partial charge in [-0.25, -0.2) is 0 Å². The minimum atomic E-state index is -4.07. The molecular formula is C19H18Cl2N2O4S. The maximum absolute atomic E-state index is 12.7. The quantitative estimate of drug-likeness (QED) is 0.499. The summed E-state index contributed by atoms with van der Waals surface area (Å²) in [4.78, 5) is 0.00119. The van der Waals surface area contributed by atoms with Gasteiger partial charge in [-0.05, 0) is 48.4 Å². The molecule has 0 spiro atoms. The maximum atomic E-state index is 12.7. The van der Waals surface area contributed by atoms with Crippen molar-refractivity contribution in [2.24, 2.45) is 0 Å². The lowest BCUT2D eigenvalue weighted by Gasteiger charge is -2.10. The Labute approximate surface area is 173 Å². The van der Waals surface area contributed by atoms with Crippen molar-refractivity contribution in [3.63, 3.8) is 0 Å². The van der Waals surface area contributed by atoms with E-state index < -0.39 is 10.1 Å². The van der Waals surface area contributed by atoms with Gasteiger partial charge in [0.15, 0.2) is 0 Å². The Hall–Kier alpha value is -2.22. The highest BCUT2D eigenvalue weighted by molar-refractivity contribution is 7.87. The second-order valence-corrected chi connectivity index (χ2v) is 8.65. The van der Waals surface area contributed by atoms with Crippen LogP contribution < -0.4 is 8.92 Å². The fraction of sp³-hybridized carbons (Fsp3) is 0.211. The summed E-state index contributed by atoms with van der Waals surface area (Å²) in [6.45, 7) is 3.90. The molecule has 28 heavy (non-hydrogen) atoms. The van der Waals surface area contributed by atoms with Crippen LogP contribution in [0.15, 0.2) is 53.4 Å². The molecular weight excluding hydrogens is 423 g/mol. The first-order valence-electron chi connectivity index (χ1n) is 8.35. The molecule has 0 saturated heterocycles. The zero-order valence-corrected chi connectivity index (χ0v) is 17.7. The molecule has 1 aromatic heterocycles. The summed E-state index contributed by atoms with van der Waals surface area (Å²) < 4.78 is 37.3. The van der Waals surface area contributed by atoms with Crippen LogP contribution in [0.1, 0.15) is 25.5 Å². The number of hydrogen-bond donors (Lipinski definition) is 0. The van der Waals surface area contributed by atoms with Crippen LogP contribution in [0.2, 0.25) is 10.0 Å². The number of benzene rings is 2. The molecule has 148 valence electrons. The Morgan fingerprint density at radius 1 is 1.00 bits per heavy atom. The van der Waals surface area contributed by atoms with Gasteiger partial charge in [-0.1, -0.05) is 37.0 Å². The molecule has 1 heterocycles. The molecule has 9 heteroatoms. The molecule has 3 rings (SSSR count). The van der Waals surface area contributed by atoms with Gasteiger partial charge in [0.1, 0.15) is 10.6 Å². The second kappa shape index (κ2) is 8.03. The number of hydrogen-bond acceptors (Lipinski definition) is 5. The van der Waals surface area contributed by atoms with Crippen molar-refractivity contribution in [3.8, 4) is 17.3 Å². The van der Waals surface area contributed by atoms with Crippen molar-refractivity contribution >= 4 is 33.3 Å². The number of ether oxygens (including phenoxy) is 1. The van der Waals surface area contributed by atoms with Gasteiger partial charge in [-0.15, -0.1) is 0 Å². The van der Waals surface area contributed by atoms with Crippen LogP contribution in [0.25, 0.3) is 5.69 Å². The van der Waals surface area contributed by atoms with E-state index in [2.05, 4.69) is 5.10 Å². The SMILES string of the molecule is COc1ccc(S(=O)(=O)Oc2cc(C(C)C)nn2-c2ccc(Cl)c(Cl)c2)cc1. The van der Waals surface area contributed by atoms with Crippen LogP contribution in [0, 0.1) is 0 Å². The van der Waals surface area contributed by atoms with Crippen LogP contribution >= 0.6 is 23.2 Å². The number of methoxy groups -OCH3 is 1. The van der Waals surface area contributed by atoms with Crippen LogP contribution in [0.4, 0.5) is 0 Å². The van der Waals surface area contributed by atoms with Crippen LogP contribution in [-0.4, -0.2) is 25.3 Å². The summed E-state index contributed by atoms with van der Waals surface area (Å²) in [6, 6.07) is 12.4. The first-order valence-corrected chi connectivity index (χ1v) is 10.5. The number of halogens is 2. The number of rotatable bonds is 6. The van der Waals surface area contributed by atoms with E-state index >= 15 is 0 Å². The molecule has 0 fully saturated rings. The van der Waals surface area contributed by atoms with Gasteiger partial charge in [0.2, 0.25) is 5.88 Å². The molecule has 0 amide bonds. The number of aromatic nitrogens is 2. The monoisotopic (exact) mass is 440 g/mol. The Morgan fingerprint density at radius 3 is 2.25 bits per heavy atom. The summed E-state index contributed by atoms with van der Waals surface area (Å²) in [5.74, 6) is 0.662. The lowest BCUT2D eigenvalue weighted by molar-refractivity contribution is 0.414. The van der Waals surface area contributed by atoms with Gasteiger partial charge in [-0.3, -0.25) is 0 Å². The summed E-state index contributed by atoms with van der Waals surface area (Å²) >= 11 is 12.1. The Kier molecular flexibility index (Phi) is 5.88. The average Bonchev–Trinajstić information content (AvgIpc) is 3.07. The minimum Gasteiger partial charge on any atom is -0.497 e. The topological polar surface area (TPSA) is 70.4 Å². The van der Waals surface area contributed by atoms with Crippen LogP contribution in [0.3, 0.4) is 0 Å². The zero-order valence-electron chi connectivity index (χ0n) is 15.4. The fourth-order valence-corrected chi connectivity index (χ4v) is 3.63. The first kappa shape index (κ1) is 20.5. The van der Waals surface area contributed by atoms with E-state index in [9.17, 15) is 8.42 Å². The van der Waals surface area contributed by atoms with Crippen molar-refractivity contribution in [1.82, 2.24) is 9.78 Å². The molecule has 3 aromatic rings. The highest BCUT2D eigenvalue weighted by Gasteiger charge is 2.22. The molecule has 0 N–H and O–H groups in total. The lowest BCUT2D eigenvalue weighted by Crippen LogP contribution is -2.12. The van der Waals surface area contributed by atoms with Gasteiger partial charge in [0.25, 0.3) is 0 Å². The van der Waals surface area contributed by atoms with Crippen LogP contribution in [-0.2, 0) is 10.1 Å². The Morgan fingerprint density at radius 2 is 1.68 bits per heavy atom. The first-order chi connectivity index (χ1) is 13.2. The molecule has 0 aliphatic carbocycles. The minimum absolute atomic E-state index is 0.00119. The summed E-state index contributed by atoms with van der Waals surface area (Å²) in [5, 5.41) is 5.17. The van der Waals surface area contributed by atoms with Crippen LogP contribution in [0.5, 0.6) is 11.6 Å². The fourth-order valence-electron chi connectivity index (χ4n) is 2.43. The summed E-state index contributed by atoms with van der Waals surface area (Å²) in [6.07, 6.45) is 0. The average molecular weight is 441 g/mol. The summed E-state index contributed by atoms with van der Waals surface area (Å²) in [7, 11) is -2.57. The third-order valence-electron chi connectivity index (χ3n) is 3.98. The predicted octanol–water partition coefficient (Wildman–Crippen LogP) is 5.08.